The quantitative estimate of drug-likeness (QED) is 0.580. The molecule has 5 nitrogen and oxygen atoms in total. The highest BCUT2D eigenvalue weighted by atomic mass is 16.6. The first kappa shape index (κ1) is 9.51. The van der Waals surface area contributed by atoms with Gasteiger partial charge >= 0.3 is 12.1 Å². The highest BCUT2D eigenvalue weighted by molar-refractivity contribution is 5.96. The number of methoxy groups -OCH3 is 1. The number of esters is 1. The first-order chi connectivity index (χ1) is 7.20. The Hall–Kier alpha value is -2.04. The van der Waals surface area contributed by atoms with Crippen molar-refractivity contribution >= 4 is 12.1 Å². The van der Waals surface area contributed by atoms with Gasteiger partial charge in [0, 0.05) is 0 Å². The van der Waals surface area contributed by atoms with Gasteiger partial charge < -0.3 is 14.8 Å². The Morgan fingerprint density at radius 2 is 1.93 bits per heavy atom. The van der Waals surface area contributed by atoms with E-state index in [1.165, 1.54) is 0 Å². The summed E-state index contributed by atoms with van der Waals surface area (Å²) >= 11 is 0. The lowest BCUT2D eigenvalue weighted by Crippen LogP contribution is -2.19. The maximum absolute atomic E-state index is 11.2. The predicted molar refractivity (Wildman–Crippen MR) is 50.4 cm³/mol. The lowest BCUT2D eigenvalue weighted by molar-refractivity contribution is -0.135. The molecule has 1 aliphatic heterocycles. The van der Waals surface area contributed by atoms with Crippen LogP contribution in [0.4, 0.5) is 4.79 Å². The molecule has 1 aromatic rings. The summed E-state index contributed by atoms with van der Waals surface area (Å²) in [6, 6.07) is 6.13. The third-order valence-electron chi connectivity index (χ3n) is 2.14. The second-order valence-corrected chi connectivity index (χ2v) is 3.06. The van der Waals surface area contributed by atoms with Crippen molar-refractivity contribution in [2.75, 3.05) is 7.11 Å². The molecule has 1 unspecified atom stereocenters. The van der Waals surface area contributed by atoms with Crippen LogP contribution < -0.4 is 10.1 Å². The summed E-state index contributed by atoms with van der Waals surface area (Å²) in [4.78, 5) is 22.0. The molecule has 5 heteroatoms. The van der Waals surface area contributed by atoms with Crippen LogP contribution in [0.15, 0.2) is 24.3 Å². The highest BCUT2D eigenvalue weighted by Gasteiger charge is 2.33. The number of cyclic esters (lactones) is 2. The highest BCUT2D eigenvalue weighted by Crippen LogP contribution is 2.21. The van der Waals surface area contributed by atoms with Gasteiger partial charge in [-0.15, -0.1) is 0 Å². The minimum absolute atomic E-state index is 0.579. The van der Waals surface area contributed by atoms with Gasteiger partial charge in [0.2, 0.25) is 0 Å². The van der Waals surface area contributed by atoms with Crippen molar-refractivity contribution in [3.8, 4) is 5.75 Å². The van der Waals surface area contributed by atoms with Crippen molar-refractivity contribution in [2.24, 2.45) is 0 Å². The summed E-state index contributed by atoms with van der Waals surface area (Å²) in [7, 11) is 1.56. The molecule has 1 atom stereocenters. The Morgan fingerprint density at radius 3 is 2.40 bits per heavy atom. The van der Waals surface area contributed by atoms with Gasteiger partial charge in [-0.3, -0.25) is 0 Å². The topological polar surface area (TPSA) is 64.6 Å². The number of benzene rings is 1. The fourth-order valence-electron chi connectivity index (χ4n) is 1.37. The zero-order chi connectivity index (χ0) is 10.8. The van der Waals surface area contributed by atoms with Gasteiger partial charge in [0.25, 0.3) is 0 Å². The Labute approximate surface area is 86.0 Å². The van der Waals surface area contributed by atoms with Crippen LogP contribution >= 0.6 is 0 Å². The molecule has 1 N–H and O–H groups in total. The Morgan fingerprint density at radius 1 is 1.27 bits per heavy atom. The Balaban J connectivity index is 2.22. The summed E-state index contributed by atoms with van der Waals surface area (Å²) in [5, 5.41) is 2.41. The summed E-state index contributed by atoms with van der Waals surface area (Å²) in [5.41, 5.74) is 0.673. The Kier molecular flexibility index (Phi) is 2.29. The van der Waals surface area contributed by atoms with Crippen molar-refractivity contribution in [3.63, 3.8) is 0 Å². The molecule has 0 bridgehead atoms. The number of alkyl carbamates (subject to hydrolysis) is 1. The minimum Gasteiger partial charge on any atom is -0.497 e. The van der Waals surface area contributed by atoms with Crippen LogP contribution in [-0.2, 0) is 9.53 Å². The van der Waals surface area contributed by atoms with Gasteiger partial charge in [0.1, 0.15) is 5.75 Å². The van der Waals surface area contributed by atoms with Gasteiger partial charge in [-0.25, -0.2) is 9.59 Å². The summed E-state index contributed by atoms with van der Waals surface area (Å²) in [6.45, 7) is 0. The van der Waals surface area contributed by atoms with Gasteiger partial charge in [0.15, 0.2) is 6.04 Å². The fourth-order valence-corrected chi connectivity index (χ4v) is 1.37. The van der Waals surface area contributed by atoms with Crippen LogP contribution in [0.5, 0.6) is 5.75 Å². The average molecular weight is 207 g/mol. The van der Waals surface area contributed by atoms with E-state index >= 15 is 0 Å². The van der Waals surface area contributed by atoms with Crippen LogP contribution in [0.1, 0.15) is 11.6 Å². The smallest absolute Gasteiger partial charge is 0.415 e. The molecule has 0 aliphatic carbocycles. The summed E-state index contributed by atoms with van der Waals surface area (Å²) < 4.78 is 9.34. The van der Waals surface area contributed by atoms with E-state index in [2.05, 4.69) is 10.1 Å². The maximum Gasteiger partial charge on any atom is 0.415 e. The molecule has 0 spiro atoms. The first-order valence-electron chi connectivity index (χ1n) is 4.37. The third kappa shape index (κ3) is 1.76. The van der Waals surface area contributed by atoms with Crippen LogP contribution in [0.25, 0.3) is 0 Å². The molecule has 15 heavy (non-hydrogen) atoms. The van der Waals surface area contributed by atoms with E-state index in [4.69, 9.17) is 4.74 Å². The van der Waals surface area contributed by atoms with Crippen LogP contribution in [0, 0.1) is 0 Å². The van der Waals surface area contributed by atoms with E-state index in [1.807, 2.05) is 0 Å². The number of ether oxygens (including phenoxy) is 2. The van der Waals surface area contributed by atoms with Crippen molar-refractivity contribution in [2.45, 2.75) is 6.04 Å². The summed E-state index contributed by atoms with van der Waals surface area (Å²) in [5.74, 6) is 0.113. The van der Waals surface area contributed by atoms with Crippen LogP contribution in [0.3, 0.4) is 0 Å². The van der Waals surface area contributed by atoms with E-state index in [0.717, 1.165) is 0 Å². The standard InChI is InChI=1S/C10H9NO4/c1-14-7-4-2-6(3-5-7)8-9(12)15-10(13)11-8/h2-5,8H,1H3,(H,11,13). The number of hydrogen-bond acceptors (Lipinski definition) is 4. The second-order valence-electron chi connectivity index (χ2n) is 3.06. The van der Waals surface area contributed by atoms with E-state index in [0.29, 0.717) is 11.3 Å². The number of hydrogen-bond donors (Lipinski definition) is 1. The fraction of sp³-hybridized carbons (Fsp3) is 0.200. The molecular weight excluding hydrogens is 198 g/mol. The van der Waals surface area contributed by atoms with E-state index in [-0.39, 0.29) is 0 Å². The van der Waals surface area contributed by atoms with Gasteiger partial charge in [0.05, 0.1) is 7.11 Å². The van der Waals surface area contributed by atoms with E-state index in [1.54, 1.807) is 31.4 Å². The zero-order valence-electron chi connectivity index (χ0n) is 8.02. The van der Waals surface area contributed by atoms with E-state index < -0.39 is 18.1 Å². The molecule has 1 aliphatic rings. The average Bonchev–Trinajstić information content (AvgIpc) is 2.58. The molecule has 0 aromatic heterocycles. The molecule has 1 aromatic carbocycles. The van der Waals surface area contributed by atoms with Crippen molar-refractivity contribution in [1.82, 2.24) is 5.32 Å². The van der Waals surface area contributed by atoms with Crippen LogP contribution in [0.2, 0.25) is 0 Å². The lowest BCUT2D eigenvalue weighted by atomic mass is 10.1. The molecule has 1 fully saturated rings. The largest absolute Gasteiger partial charge is 0.497 e. The third-order valence-corrected chi connectivity index (χ3v) is 2.14. The monoisotopic (exact) mass is 207 g/mol. The lowest BCUT2D eigenvalue weighted by Gasteiger charge is -2.06. The number of carbonyl (C=O) groups is 2. The molecule has 1 heterocycles. The van der Waals surface area contributed by atoms with Crippen molar-refractivity contribution < 1.29 is 19.1 Å². The van der Waals surface area contributed by atoms with Crippen molar-refractivity contribution in [3.05, 3.63) is 29.8 Å². The zero-order valence-corrected chi connectivity index (χ0v) is 8.02. The molecule has 1 amide bonds. The van der Waals surface area contributed by atoms with Gasteiger partial charge in [-0.2, -0.15) is 0 Å². The van der Waals surface area contributed by atoms with Gasteiger partial charge in [-0.05, 0) is 17.7 Å². The number of carbonyl (C=O) groups excluding carboxylic acids is 2. The predicted octanol–water partition coefficient (Wildman–Crippen LogP) is 1.00. The normalized spacial score (nSPS) is 19.7. The Bertz CT molecular complexity index is 398. The molecule has 1 saturated heterocycles. The molecule has 78 valence electrons. The number of nitrogens with one attached hydrogen (secondary N) is 1. The van der Waals surface area contributed by atoms with E-state index in [9.17, 15) is 9.59 Å². The maximum atomic E-state index is 11.2. The molecule has 0 radical (unpaired) electrons. The number of rotatable bonds is 2. The number of amides is 1. The minimum atomic E-state index is -0.708. The van der Waals surface area contributed by atoms with Gasteiger partial charge in [-0.1, -0.05) is 12.1 Å². The molecule has 2 rings (SSSR count). The first-order valence-corrected chi connectivity index (χ1v) is 4.37. The van der Waals surface area contributed by atoms with Crippen LogP contribution in [-0.4, -0.2) is 19.2 Å². The summed E-state index contributed by atoms with van der Waals surface area (Å²) in [6.07, 6.45) is -0.708. The second kappa shape index (κ2) is 3.61. The molecule has 0 saturated carbocycles. The van der Waals surface area contributed by atoms with Crippen molar-refractivity contribution in [1.29, 1.82) is 0 Å². The molecular formula is C10H9NO4. The SMILES string of the molecule is COc1ccc(C2NC(=O)OC2=O)cc1.